The molecule has 312 valence electrons. The largest absolute Gasteiger partial charge is 0.462 e. The van der Waals surface area contributed by atoms with Crippen LogP contribution in [0.15, 0.2) is 12.2 Å². The summed E-state index contributed by atoms with van der Waals surface area (Å²) in [4.78, 5) is 37.7. The smallest absolute Gasteiger partial charge is 0.306 e. The van der Waals surface area contributed by atoms with Gasteiger partial charge in [-0.25, -0.2) is 0 Å². The van der Waals surface area contributed by atoms with Crippen LogP contribution in [0.25, 0.3) is 0 Å². The first-order valence-electron chi connectivity index (χ1n) is 23.2. The number of esters is 3. The molecule has 53 heavy (non-hydrogen) atoms. The highest BCUT2D eigenvalue weighted by Gasteiger charge is 2.19. The number of rotatable bonds is 42. The molecule has 0 saturated carbocycles. The molecule has 0 aliphatic carbocycles. The molecule has 0 amide bonds. The summed E-state index contributed by atoms with van der Waals surface area (Å²) in [5, 5.41) is 0. The average molecular weight is 749 g/mol. The Labute approximate surface area is 329 Å². The molecule has 0 aliphatic rings. The van der Waals surface area contributed by atoms with Gasteiger partial charge in [-0.3, -0.25) is 14.4 Å². The summed E-state index contributed by atoms with van der Waals surface area (Å²) in [5.41, 5.74) is 0. The van der Waals surface area contributed by atoms with Crippen LogP contribution in [-0.4, -0.2) is 37.2 Å². The third-order valence-electron chi connectivity index (χ3n) is 10.3. The fraction of sp³-hybridized carbons (Fsp3) is 0.894. The zero-order chi connectivity index (χ0) is 38.7. The summed E-state index contributed by atoms with van der Waals surface area (Å²) in [7, 11) is 0. The highest BCUT2D eigenvalue weighted by molar-refractivity contribution is 5.71. The second-order valence-corrected chi connectivity index (χ2v) is 15.7. The Kier molecular flexibility index (Phi) is 41.4. The summed E-state index contributed by atoms with van der Waals surface area (Å²) in [6.07, 6.45) is 44.7. The molecule has 0 radical (unpaired) electrons. The van der Waals surface area contributed by atoms with Crippen LogP contribution in [0, 0.1) is 0 Å². The van der Waals surface area contributed by atoms with Crippen molar-refractivity contribution in [1.29, 1.82) is 0 Å². The van der Waals surface area contributed by atoms with Crippen LogP contribution >= 0.6 is 0 Å². The SMILES string of the molecule is CCCCCCCC/C=C\CCCCCC(=O)OCC(COC(=O)CCCCCCCCCCCC)OC(=O)CCCCCCCCCCCCCC. The summed E-state index contributed by atoms with van der Waals surface area (Å²) in [5.74, 6) is -0.880. The van der Waals surface area contributed by atoms with Crippen molar-refractivity contribution in [2.24, 2.45) is 0 Å². The normalized spacial score (nSPS) is 12.0. The summed E-state index contributed by atoms with van der Waals surface area (Å²) < 4.78 is 16.7. The van der Waals surface area contributed by atoms with Gasteiger partial charge in [-0.05, 0) is 44.9 Å². The van der Waals surface area contributed by atoms with Crippen molar-refractivity contribution in [3.05, 3.63) is 12.2 Å². The van der Waals surface area contributed by atoms with Gasteiger partial charge in [0.15, 0.2) is 6.10 Å². The fourth-order valence-corrected chi connectivity index (χ4v) is 6.73. The molecule has 0 aromatic rings. The maximum atomic E-state index is 12.7. The maximum Gasteiger partial charge on any atom is 0.306 e. The monoisotopic (exact) mass is 749 g/mol. The maximum absolute atomic E-state index is 12.7. The third kappa shape index (κ3) is 41.2. The van der Waals surface area contributed by atoms with E-state index in [0.717, 1.165) is 70.6 Å². The minimum atomic E-state index is -0.766. The van der Waals surface area contributed by atoms with Gasteiger partial charge in [-0.1, -0.05) is 200 Å². The second-order valence-electron chi connectivity index (χ2n) is 15.7. The molecule has 0 rings (SSSR count). The Bertz CT molecular complexity index is 824. The lowest BCUT2D eigenvalue weighted by atomic mass is 10.0. The van der Waals surface area contributed by atoms with E-state index in [0.29, 0.717) is 19.3 Å². The molecule has 0 heterocycles. The molecular formula is C47H88O6. The second kappa shape index (κ2) is 42.9. The van der Waals surface area contributed by atoms with Crippen molar-refractivity contribution in [3.63, 3.8) is 0 Å². The van der Waals surface area contributed by atoms with Crippen LogP contribution in [0.2, 0.25) is 0 Å². The summed E-state index contributed by atoms with van der Waals surface area (Å²) in [6, 6.07) is 0. The number of allylic oxidation sites excluding steroid dienone is 2. The average Bonchev–Trinajstić information content (AvgIpc) is 3.15. The highest BCUT2D eigenvalue weighted by atomic mass is 16.6. The van der Waals surface area contributed by atoms with Crippen molar-refractivity contribution in [2.75, 3.05) is 13.2 Å². The Morgan fingerprint density at radius 2 is 0.623 bits per heavy atom. The number of carbonyl (C=O) groups is 3. The minimum absolute atomic E-state index is 0.0703. The van der Waals surface area contributed by atoms with Crippen LogP contribution in [-0.2, 0) is 28.6 Å². The Morgan fingerprint density at radius 1 is 0.358 bits per heavy atom. The number of carbonyl (C=O) groups excluding carboxylic acids is 3. The van der Waals surface area contributed by atoms with Gasteiger partial charge in [-0.15, -0.1) is 0 Å². The van der Waals surface area contributed by atoms with E-state index in [1.807, 2.05) is 0 Å². The van der Waals surface area contributed by atoms with E-state index in [2.05, 4.69) is 32.9 Å². The van der Waals surface area contributed by atoms with Crippen molar-refractivity contribution in [3.8, 4) is 0 Å². The highest BCUT2D eigenvalue weighted by Crippen LogP contribution is 2.15. The topological polar surface area (TPSA) is 78.9 Å². The van der Waals surface area contributed by atoms with Gasteiger partial charge in [-0.2, -0.15) is 0 Å². The van der Waals surface area contributed by atoms with E-state index in [1.54, 1.807) is 0 Å². The lowest BCUT2D eigenvalue weighted by Crippen LogP contribution is -2.30. The minimum Gasteiger partial charge on any atom is -0.462 e. The fourth-order valence-electron chi connectivity index (χ4n) is 6.73. The number of hydrogen-bond acceptors (Lipinski definition) is 6. The zero-order valence-electron chi connectivity index (χ0n) is 35.6. The van der Waals surface area contributed by atoms with Crippen molar-refractivity contribution in [2.45, 2.75) is 258 Å². The first kappa shape index (κ1) is 51.1. The van der Waals surface area contributed by atoms with E-state index >= 15 is 0 Å². The van der Waals surface area contributed by atoms with E-state index in [9.17, 15) is 14.4 Å². The summed E-state index contributed by atoms with van der Waals surface area (Å²) in [6.45, 7) is 6.61. The van der Waals surface area contributed by atoms with E-state index < -0.39 is 6.10 Å². The Hall–Kier alpha value is -1.85. The van der Waals surface area contributed by atoms with Gasteiger partial charge in [0.25, 0.3) is 0 Å². The molecular weight excluding hydrogens is 661 g/mol. The van der Waals surface area contributed by atoms with Crippen molar-refractivity contribution >= 4 is 17.9 Å². The third-order valence-corrected chi connectivity index (χ3v) is 10.3. The lowest BCUT2D eigenvalue weighted by Gasteiger charge is -2.18. The van der Waals surface area contributed by atoms with E-state index in [-0.39, 0.29) is 31.1 Å². The van der Waals surface area contributed by atoms with Gasteiger partial charge < -0.3 is 14.2 Å². The summed E-state index contributed by atoms with van der Waals surface area (Å²) >= 11 is 0. The molecule has 1 atom stereocenters. The molecule has 0 bridgehead atoms. The molecule has 6 nitrogen and oxygen atoms in total. The molecule has 0 saturated heterocycles. The van der Waals surface area contributed by atoms with Gasteiger partial charge in [0.1, 0.15) is 13.2 Å². The van der Waals surface area contributed by atoms with Crippen molar-refractivity contribution in [1.82, 2.24) is 0 Å². The molecule has 0 spiro atoms. The molecule has 6 heteroatoms. The Balaban J connectivity index is 4.35. The lowest BCUT2D eigenvalue weighted by molar-refractivity contribution is -0.167. The van der Waals surface area contributed by atoms with Crippen LogP contribution in [0.5, 0.6) is 0 Å². The molecule has 0 fully saturated rings. The van der Waals surface area contributed by atoms with Gasteiger partial charge in [0, 0.05) is 19.3 Å². The van der Waals surface area contributed by atoms with Gasteiger partial charge in [0.05, 0.1) is 0 Å². The predicted molar refractivity (Wildman–Crippen MR) is 224 cm³/mol. The zero-order valence-corrected chi connectivity index (χ0v) is 35.6. The molecule has 1 unspecified atom stereocenters. The van der Waals surface area contributed by atoms with Crippen LogP contribution in [0.1, 0.15) is 252 Å². The van der Waals surface area contributed by atoms with Gasteiger partial charge in [0.2, 0.25) is 0 Å². The van der Waals surface area contributed by atoms with Crippen molar-refractivity contribution < 1.29 is 28.6 Å². The number of hydrogen-bond donors (Lipinski definition) is 0. The molecule has 0 aliphatic heterocycles. The van der Waals surface area contributed by atoms with Crippen LogP contribution < -0.4 is 0 Å². The first-order valence-corrected chi connectivity index (χ1v) is 23.2. The molecule has 0 aromatic carbocycles. The number of ether oxygens (including phenoxy) is 3. The predicted octanol–water partition coefficient (Wildman–Crippen LogP) is 14.6. The van der Waals surface area contributed by atoms with Crippen LogP contribution in [0.4, 0.5) is 0 Å². The Morgan fingerprint density at radius 3 is 0.962 bits per heavy atom. The van der Waals surface area contributed by atoms with Gasteiger partial charge >= 0.3 is 17.9 Å². The first-order chi connectivity index (χ1) is 26.0. The molecule has 0 N–H and O–H groups in total. The number of unbranched alkanes of at least 4 members (excludes halogenated alkanes) is 29. The molecule has 0 aromatic heterocycles. The van der Waals surface area contributed by atoms with Crippen LogP contribution in [0.3, 0.4) is 0 Å². The van der Waals surface area contributed by atoms with E-state index in [4.69, 9.17) is 14.2 Å². The standard InChI is InChI=1S/C47H88O6/c1-4-7-10-13-16-19-22-24-26-28-31-34-37-40-46(49)52-43-44(42-51-45(48)39-36-33-30-27-21-18-15-12-9-6-3)53-47(50)41-38-35-32-29-25-23-20-17-14-11-8-5-2/h24,26,44H,4-23,25,27-43H2,1-3H3/b26-24-. The quantitative estimate of drug-likeness (QED) is 0.0268. The van der Waals surface area contributed by atoms with E-state index in [1.165, 1.54) is 141 Å².